The predicted molar refractivity (Wildman–Crippen MR) is 142 cm³/mol. The maximum atomic E-state index is 3.06. The van der Waals surface area contributed by atoms with Crippen molar-refractivity contribution < 1.29 is 48.1 Å². The Balaban J connectivity index is 0.000000538. The molecule has 0 aliphatic carbocycles. The Hall–Kier alpha value is -1.70. The van der Waals surface area contributed by atoms with Gasteiger partial charge in [-0.3, -0.25) is 0 Å². The Labute approximate surface area is 233 Å². The number of aryl methyl sites for hydroxylation is 2. The van der Waals surface area contributed by atoms with E-state index >= 15 is 0 Å². The van der Waals surface area contributed by atoms with Crippen molar-refractivity contribution in [1.82, 2.24) is 0 Å². The summed E-state index contributed by atoms with van der Waals surface area (Å²) in [6.07, 6.45) is 0. The van der Waals surface area contributed by atoms with E-state index in [9.17, 15) is 0 Å². The van der Waals surface area contributed by atoms with Gasteiger partial charge in [0, 0.05) is 0 Å². The van der Waals surface area contributed by atoms with Crippen LogP contribution in [0.15, 0.2) is 97.1 Å². The quantitative estimate of drug-likeness (QED) is 0.192. The van der Waals surface area contributed by atoms with Gasteiger partial charge in [-0.15, -0.1) is 78.5 Å². The standard InChI is InChI=1S/2C14H11.2CH3.2ClH.Si.Zr/c2*1-10-5-4-8-13-12-7-3-2-6-11(12)9-14(10)13;;;;;;/h2*2-9H,1H3;2*1H3;2*1H;;/q4*-1;;;;+2/p-2. The SMILES string of the molecule is Cc1cccc2c1[cH-]c1ccccc12.Cc1cccc2c1[cH-]c1ccccc12.[CH3-].[CH3-].[Cl-].[Cl-].[Si]=[Zr+2]. The summed E-state index contributed by atoms with van der Waals surface area (Å²) >= 11 is 1.36. The molecule has 0 aliphatic heterocycles. The van der Waals surface area contributed by atoms with Crippen molar-refractivity contribution in [2.24, 2.45) is 0 Å². The second kappa shape index (κ2) is 14.6. The zero-order valence-corrected chi connectivity index (χ0v) is 25.0. The number of halogens is 2. The van der Waals surface area contributed by atoms with Crippen molar-refractivity contribution in [3.63, 3.8) is 0 Å². The van der Waals surface area contributed by atoms with E-state index in [1.165, 1.54) is 77.6 Å². The Kier molecular flexibility index (Phi) is 13.9. The van der Waals surface area contributed by atoms with E-state index in [0.717, 1.165) is 0 Å². The summed E-state index contributed by atoms with van der Waals surface area (Å²) in [4.78, 5) is 0. The molecule has 2 radical (unpaired) electrons. The van der Waals surface area contributed by atoms with E-state index in [2.05, 4.69) is 118 Å². The van der Waals surface area contributed by atoms with Crippen LogP contribution in [0.4, 0.5) is 0 Å². The van der Waals surface area contributed by atoms with Gasteiger partial charge in [0.15, 0.2) is 0 Å². The first-order valence-corrected chi connectivity index (χ1v) is 14.2. The van der Waals surface area contributed by atoms with Crippen molar-refractivity contribution in [3.05, 3.63) is 123 Å². The van der Waals surface area contributed by atoms with Crippen molar-refractivity contribution >= 4 is 50.0 Å². The molecule has 4 heteroatoms. The van der Waals surface area contributed by atoms with Crippen molar-refractivity contribution in [3.8, 4) is 0 Å². The van der Waals surface area contributed by atoms with Gasteiger partial charge >= 0.3 is 30.2 Å². The second-order valence-corrected chi connectivity index (χ2v) is 7.54. The van der Waals surface area contributed by atoms with E-state index in [-0.39, 0.29) is 39.7 Å². The van der Waals surface area contributed by atoms with Gasteiger partial charge in [-0.25, -0.2) is 0 Å². The molecule has 34 heavy (non-hydrogen) atoms. The molecule has 0 nitrogen and oxygen atoms in total. The molecule has 0 aliphatic rings. The van der Waals surface area contributed by atoms with Gasteiger partial charge in [0.05, 0.1) is 0 Å². The van der Waals surface area contributed by atoms with Crippen LogP contribution in [0, 0.1) is 28.7 Å². The summed E-state index contributed by atoms with van der Waals surface area (Å²) in [6, 6.07) is 34.7. The topological polar surface area (TPSA) is 0 Å². The minimum atomic E-state index is 0. The van der Waals surface area contributed by atoms with Crippen molar-refractivity contribution in [1.29, 1.82) is 0 Å². The van der Waals surface area contributed by atoms with E-state index < -0.39 is 0 Å². The molecule has 0 heterocycles. The zero-order chi connectivity index (χ0) is 21.1. The van der Waals surface area contributed by atoms with E-state index in [0.29, 0.717) is 0 Å². The molecular formula is C30H28Cl2SiZr-4. The number of fused-ring (bicyclic) bond motifs is 6. The van der Waals surface area contributed by atoms with Gasteiger partial charge < -0.3 is 39.7 Å². The maximum absolute atomic E-state index is 3.06. The molecule has 0 bridgehead atoms. The van der Waals surface area contributed by atoms with Crippen LogP contribution in [0.1, 0.15) is 11.1 Å². The third kappa shape index (κ3) is 6.29. The van der Waals surface area contributed by atoms with E-state index in [4.69, 9.17) is 0 Å². The molecule has 0 unspecified atom stereocenters. The molecule has 174 valence electrons. The molecule has 0 atom stereocenters. The van der Waals surface area contributed by atoms with Gasteiger partial charge in [-0.05, 0) is 0 Å². The molecule has 0 fully saturated rings. The molecule has 0 saturated heterocycles. The monoisotopic (exact) mass is 576 g/mol. The summed E-state index contributed by atoms with van der Waals surface area (Å²) in [6.45, 7) is 7.40. The van der Waals surface area contributed by atoms with Crippen molar-refractivity contribution in [2.75, 3.05) is 0 Å². The Bertz CT molecular complexity index is 1350. The average Bonchev–Trinajstić information content (AvgIpc) is 3.36. The number of rotatable bonds is 0. The van der Waals surface area contributed by atoms with Crippen LogP contribution >= 0.6 is 0 Å². The fraction of sp³-hybridized carbons (Fsp3) is 0.0667. The average molecular weight is 579 g/mol. The van der Waals surface area contributed by atoms with Crippen LogP contribution in [-0.4, -0.2) is 6.88 Å². The predicted octanol–water partition coefficient (Wildman–Crippen LogP) is 2.57. The first kappa shape index (κ1) is 32.3. The Morgan fingerprint density at radius 2 is 0.824 bits per heavy atom. The molecular weight excluding hydrogens is 551 g/mol. The zero-order valence-electron chi connectivity index (χ0n) is 20.0. The molecule has 6 rings (SSSR count). The fourth-order valence-electron chi connectivity index (χ4n) is 4.26. The molecule has 0 N–H and O–H groups in total. The molecule has 0 aromatic heterocycles. The summed E-state index contributed by atoms with van der Waals surface area (Å²) in [5.41, 5.74) is 2.72. The van der Waals surface area contributed by atoms with E-state index in [1.807, 2.05) is 0 Å². The van der Waals surface area contributed by atoms with Crippen LogP contribution in [0.2, 0.25) is 0 Å². The van der Waals surface area contributed by atoms with Gasteiger partial charge in [0.2, 0.25) is 0 Å². The van der Waals surface area contributed by atoms with E-state index in [1.54, 1.807) is 0 Å². The fourth-order valence-corrected chi connectivity index (χ4v) is 4.26. The number of hydrogen-bond acceptors (Lipinski definition) is 0. The third-order valence-electron chi connectivity index (χ3n) is 5.75. The van der Waals surface area contributed by atoms with Crippen LogP contribution in [-0.2, 0) is 23.3 Å². The van der Waals surface area contributed by atoms with Crippen LogP contribution in [0.3, 0.4) is 0 Å². The molecule has 6 aromatic rings. The van der Waals surface area contributed by atoms with Gasteiger partial charge in [0.1, 0.15) is 0 Å². The number of hydrogen-bond donors (Lipinski definition) is 0. The van der Waals surface area contributed by atoms with Crippen molar-refractivity contribution in [2.45, 2.75) is 13.8 Å². The normalized spacial score (nSPS) is 9.41. The number of benzene rings is 4. The Morgan fingerprint density at radius 3 is 1.21 bits per heavy atom. The summed E-state index contributed by atoms with van der Waals surface area (Å²) < 4.78 is 0. The molecule has 0 spiro atoms. The minimum absolute atomic E-state index is 0. The first-order valence-electron chi connectivity index (χ1n) is 10.0. The van der Waals surface area contributed by atoms with Gasteiger partial charge in [-0.1, -0.05) is 86.6 Å². The second-order valence-electron chi connectivity index (χ2n) is 7.54. The summed E-state index contributed by atoms with van der Waals surface area (Å²) in [5.74, 6) is 0. The molecule has 6 aromatic carbocycles. The third-order valence-corrected chi connectivity index (χ3v) is 5.75. The van der Waals surface area contributed by atoms with Crippen LogP contribution in [0.25, 0.3) is 43.1 Å². The first-order chi connectivity index (χ1) is 14.7. The van der Waals surface area contributed by atoms with Gasteiger partial charge in [0.25, 0.3) is 0 Å². The van der Waals surface area contributed by atoms with Crippen LogP contribution < -0.4 is 24.8 Å². The molecule has 0 saturated carbocycles. The summed E-state index contributed by atoms with van der Waals surface area (Å²) in [5, 5.41) is 10.9. The summed E-state index contributed by atoms with van der Waals surface area (Å²) in [7, 11) is 0. The molecule has 0 amide bonds. The van der Waals surface area contributed by atoms with Gasteiger partial charge in [-0.2, -0.15) is 0 Å². The Morgan fingerprint density at radius 1 is 0.500 bits per heavy atom. The van der Waals surface area contributed by atoms with Crippen LogP contribution in [0.5, 0.6) is 0 Å².